The third-order valence-corrected chi connectivity index (χ3v) is 5.67. The van der Waals surface area contributed by atoms with E-state index in [0.717, 1.165) is 37.9 Å². The average molecular weight is 346 g/mol. The topological polar surface area (TPSA) is 80.0 Å². The summed E-state index contributed by atoms with van der Waals surface area (Å²) in [4.78, 5) is 12.0. The van der Waals surface area contributed by atoms with E-state index in [4.69, 9.17) is 0 Å². The minimum Gasteiger partial charge on any atom is -0.388 e. The standard InChI is InChI=1S/C17H22N4O2S/c22-9-15-19-20-17(21(15)14-2-3-14)12-7-13(8-12)18-16(23)4-1-11-5-6-24-10-11/h5-6,10,12-14,22H,1-4,7-9H2,(H,18,23). The highest BCUT2D eigenvalue weighted by atomic mass is 32.1. The Morgan fingerprint density at radius 1 is 1.38 bits per heavy atom. The van der Waals surface area contributed by atoms with Crippen molar-refractivity contribution in [2.24, 2.45) is 0 Å². The Bertz CT molecular complexity index is 702. The minimum absolute atomic E-state index is 0.0566. The zero-order chi connectivity index (χ0) is 16.5. The molecule has 24 heavy (non-hydrogen) atoms. The average Bonchev–Trinajstić information content (AvgIpc) is 3.09. The molecule has 4 rings (SSSR count). The van der Waals surface area contributed by atoms with Gasteiger partial charge in [-0.1, -0.05) is 0 Å². The smallest absolute Gasteiger partial charge is 0.220 e. The first kappa shape index (κ1) is 15.8. The number of thiophene rings is 1. The van der Waals surface area contributed by atoms with Crippen molar-refractivity contribution in [1.82, 2.24) is 20.1 Å². The molecule has 0 atom stereocenters. The normalized spacial score (nSPS) is 23.0. The fourth-order valence-corrected chi connectivity index (χ4v) is 4.10. The van der Waals surface area contributed by atoms with Gasteiger partial charge >= 0.3 is 0 Å². The summed E-state index contributed by atoms with van der Waals surface area (Å²) in [7, 11) is 0. The maximum Gasteiger partial charge on any atom is 0.220 e. The molecule has 1 amide bonds. The minimum atomic E-state index is -0.0566. The van der Waals surface area contributed by atoms with Crippen LogP contribution >= 0.6 is 11.3 Å². The van der Waals surface area contributed by atoms with E-state index in [-0.39, 0.29) is 18.6 Å². The van der Waals surface area contributed by atoms with Crippen molar-refractivity contribution in [3.63, 3.8) is 0 Å². The van der Waals surface area contributed by atoms with Gasteiger partial charge in [0.25, 0.3) is 0 Å². The molecule has 128 valence electrons. The summed E-state index contributed by atoms with van der Waals surface area (Å²) in [6, 6.07) is 2.78. The van der Waals surface area contributed by atoms with E-state index < -0.39 is 0 Å². The first-order chi connectivity index (χ1) is 11.7. The molecule has 2 N–H and O–H groups in total. The molecule has 0 aromatic carbocycles. The van der Waals surface area contributed by atoms with Gasteiger partial charge in [0.05, 0.1) is 0 Å². The van der Waals surface area contributed by atoms with E-state index in [9.17, 15) is 9.90 Å². The summed E-state index contributed by atoms with van der Waals surface area (Å²) in [5.74, 6) is 2.14. The fourth-order valence-electron chi connectivity index (χ4n) is 3.39. The zero-order valence-electron chi connectivity index (χ0n) is 13.5. The molecule has 0 spiro atoms. The first-order valence-electron chi connectivity index (χ1n) is 8.59. The number of amides is 1. The van der Waals surface area contributed by atoms with Gasteiger partial charge in [0, 0.05) is 24.4 Å². The van der Waals surface area contributed by atoms with Gasteiger partial charge in [-0.3, -0.25) is 4.79 Å². The number of hydrogen-bond acceptors (Lipinski definition) is 5. The number of aromatic nitrogens is 3. The van der Waals surface area contributed by atoms with Gasteiger partial charge in [-0.15, -0.1) is 10.2 Å². The Morgan fingerprint density at radius 2 is 2.21 bits per heavy atom. The van der Waals surface area contributed by atoms with Gasteiger partial charge in [0.1, 0.15) is 12.4 Å². The van der Waals surface area contributed by atoms with E-state index in [1.807, 2.05) is 5.38 Å². The Hall–Kier alpha value is -1.73. The predicted molar refractivity (Wildman–Crippen MR) is 90.8 cm³/mol. The van der Waals surface area contributed by atoms with Crippen molar-refractivity contribution in [3.8, 4) is 0 Å². The summed E-state index contributed by atoms with van der Waals surface area (Å²) in [5.41, 5.74) is 1.23. The number of nitrogens with one attached hydrogen (secondary N) is 1. The lowest BCUT2D eigenvalue weighted by atomic mass is 9.79. The molecular weight excluding hydrogens is 324 g/mol. The van der Waals surface area contributed by atoms with Crippen molar-refractivity contribution in [2.75, 3.05) is 0 Å². The lowest BCUT2D eigenvalue weighted by Crippen LogP contribution is -2.44. The highest BCUT2D eigenvalue weighted by molar-refractivity contribution is 7.07. The van der Waals surface area contributed by atoms with E-state index in [1.54, 1.807) is 11.3 Å². The monoisotopic (exact) mass is 346 g/mol. The third kappa shape index (κ3) is 3.23. The Balaban J connectivity index is 1.27. The fraction of sp³-hybridized carbons (Fsp3) is 0.588. The van der Waals surface area contributed by atoms with E-state index >= 15 is 0 Å². The summed E-state index contributed by atoms with van der Waals surface area (Å²) < 4.78 is 2.12. The molecule has 2 heterocycles. The molecule has 0 aliphatic heterocycles. The second kappa shape index (κ2) is 6.64. The molecule has 0 saturated heterocycles. The predicted octanol–water partition coefficient (Wildman–Crippen LogP) is 2.16. The molecule has 2 aliphatic rings. The maximum atomic E-state index is 12.0. The van der Waals surface area contributed by atoms with Crippen molar-refractivity contribution in [3.05, 3.63) is 34.0 Å². The number of aliphatic hydroxyl groups excluding tert-OH is 1. The SMILES string of the molecule is O=C(CCc1ccsc1)NC1CC(c2nnc(CO)n2C2CC2)C1. The maximum absolute atomic E-state index is 12.0. The Morgan fingerprint density at radius 3 is 2.88 bits per heavy atom. The summed E-state index contributed by atoms with van der Waals surface area (Å²) in [6.45, 7) is -0.0566. The molecule has 6 nitrogen and oxygen atoms in total. The summed E-state index contributed by atoms with van der Waals surface area (Å²) in [6.07, 6.45) is 5.48. The molecule has 0 unspecified atom stereocenters. The Labute approximate surface area is 144 Å². The lowest BCUT2D eigenvalue weighted by molar-refractivity contribution is -0.122. The molecule has 0 bridgehead atoms. The van der Waals surface area contributed by atoms with Crippen LogP contribution in [0.5, 0.6) is 0 Å². The van der Waals surface area contributed by atoms with Gasteiger partial charge in [0.15, 0.2) is 5.82 Å². The van der Waals surface area contributed by atoms with Crippen molar-refractivity contribution in [1.29, 1.82) is 0 Å². The number of hydrogen-bond donors (Lipinski definition) is 2. The lowest BCUT2D eigenvalue weighted by Gasteiger charge is -2.35. The van der Waals surface area contributed by atoms with Crippen molar-refractivity contribution >= 4 is 17.2 Å². The number of carbonyl (C=O) groups is 1. The quantitative estimate of drug-likeness (QED) is 0.805. The highest BCUT2D eigenvalue weighted by Crippen LogP contribution is 2.42. The zero-order valence-corrected chi connectivity index (χ0v) is 14.3. The van der Waals surface area contributed by atoms with Crippen LogP contribution in [0.4, 0.5) is 0 Å². The summed E-state index contributed by atoms with van der Waals surface area (Å²) >= 11 is 1.67. The molecule has 2 aromatic rings. The van der Waals surface area contributed by atoms with Crippen molar-refractivity contribution < 1.29 is 9.90 Å². The number of nitrogens with zero attached hydrogens (tertiary/aromatic N) is 3. The third-order valence-electron chi connectivity index (χ3n) is 4.94. The van der Waals surface area contributed by atoms with E-state index in [0.29, 0.717) is 24.2 Å². The van der Waals surface area contributed by atoms with E-state index in [1.165, 1.54) is 5.56 Å². The van der Waals surface area contributed by atoms with E-state index in [2.05, 4.69) is 31.5 Å². The summed E-state index contributed by atoms with van der Waals surface area (Å²) in [5, 5.41) is 25.1. The molecule has 7 heteroatoms. The van der Waals surface area contributed by atoms with Gasteiger partial charge in [-0.2, -0.15) is 11.3 Å². The van der Waals surface area contributed by atoms with Gasteiger partial charge in [0.2, 0.25) is 5.91 Å². The van der Waals surface area contributed by atoms with Crippen LogP contribution in [-0.4, -0.2) is 31.8 Å². The van der Waals surface area contributed by atoms with Crippen LogP contribution < -0.4 is 5.32 Å². The van der Waals surface area contributed by atoms with Crippen molar-refractivity contribution in [2.45, 2.75) is 63.1 Å². The van der Waals surface area contributed by atoms with Crippen LogP contribution in [0.2, 0.25) is 0 Å². The van der Waals surface area contributed by atoms with Gasteiger partial charge in [-0.05, 0) is 54.5 Å². The first-order valence-corrected chi connectivity index (χ1v) is 9.54. The molecule has 2 fully saturated rings. The molecule has 0 radical (unpaired) electrons. The number of aryl methyl sites for hydroxylation is 1. The number of aliphatic hydroxyl groups is 1. The van der Waals surface area contributed by atoms with Gasteiger partial charge in [-0.25, -0.2) is 0 Å². The van der Waals surface area contributed by atoms with Crippen LogP contribution in [-0.2, 0) is 17.8 Å². The van der Waals surface area contributed by atoms with Gasteiger partial charge < -0.3 is 15.0 Å². The van der Waals surface area contributed by atoms with Crippen LogP contribution in [0.1, 0.15) is 61.3 Å². The molecule has 2 aliphatic carbocycles. The largest absolute Gasteiger partial charge is 0.388 e. The van der Waals surface area contributed by atoms with Crippen LogP contribution in [0.3, 0.4) is 0 Å². The second-order valence-electron chi connectivity index (χ2n) is 6.80. The molecule has 2 aromatic heterocycles. The Kier molecular flexibility index (Phi) is 4.37. The van der Waals surface area contributed by atoms with Crippen LogP contribution in [0.25, 0.3) is 0 Å². The second-order valence-corrected chi connectivity index (χ2v) is 7.58. The molecule has 2 saturated carbocycles. The molecular formula is C17H22N4O2S. The number of carbonyl (C=O) groups excluding carboxylic acids is 1. The number of rotatable bonds is 7. The van der Waals surface area contributed by atoms with Crippen LogP contribution in [0.15, 0.2) is 16.8 Å². The van der Waals surface area contributed by atoms with Crippen LogP contribution in [0, 0.1) is 0 Å². The highest BCUT2D eigenvalue weighted by Gasteiger charge is 2.38.